The van der Waals surface area contributed by atoms with Gasteiger partial charge in [-0.05, 0) is 42.3 Å². The summed E-state index contributed by atoms with van der Waals surface area (Å²) < 4.78 is 6.06. The molecule has 0 bridgehead atoms. The number of phenolic OH excluding ortho intramolecular Hbond substituents is 1. The maximum atomic E-state index is 13.2. The predicted octanol–water partition coefficient (Wildman–Crippen LogP) is 5.94. The quantitative estimate of drug-likeness (QED) is 0.432. The number of ether oxygens (including phenoxy) is 1. The summed E-state index contributed by atoms with van der Waals surface area (Å²) in [6.45, 7) is 6.82. The van der Waals surface area contributed by atoms with Gasteiger partial charge in [0, 0.05) is 54.9 Å². The molecule has 1 N–H and O–H groups in total. The van der Waals surface area contributed by atoms with Gasteiger partial charge in [-0.1, -0.05) is 59.6 Å². The summed E-state index contributed by atoms with van der Waals surface area (Å²) in [5.41, 5.74) is 3.62. The van der Waals surface area contributed by atoms with Crippen LogP contribution in [-0.2, 0) is 13.1 Å². The molecule has 0 atom stereocenters. The van der Waals surface area contributed by atoms with E-state index in [-0.39, 0.29) is 17.3 Å². The van der Waals surface area contributed by atoms with E-state index in [0.29, 0.717) is 44.6 Å². The topological polar surface area (TPSA) is 53.0 Å². The highest BCUT2D eigenvalue weighted by atomic mass is 35.5. The molecule has 2 aliphatic heterocycles. The number of halogens is 2. The summed E-state index contributed by atoms with van der Waals surface area (Å²) >= 11 is 12.6. The average molecular weight is 509 g/mol. The lowest BCUT2D eigenvalue weighted by atomic mass is 9.99. The fraction of sp³-hybridized carbons (Fsp3) is 0.250. The maximum absolute atomic E-state index is 13.2. The van der Waals surface area contributed by atoms with Gasteiger partial charge in [-0.25, -0.2) is 0 Å². The standard InChI is InChI=1S/C28H26Cl2N2O3/c1-18-14-24(33)21(17-32-12-10-31(11-13-32)16-19-6-3-2-4-7-19)28-26(18)27(34)25(35-28)15-20-22(29)8-5-9-23(20)30/h2-9,14-15,33H,10-13,16-17H2,1H3/b25-15-. The van der Waals surface area contributed by atoms with E-state index in [4.69, 9.17) is 27.9 Å². The summed E-state index contributed by atoms with van der Waals surface area (Å²) in [6, 6.07) is 17.3. The van der Waals surface area contributed by atoms with E-state index < -0.39 is 0 Å². The third kappa shape index (κ3) is 4.95. The van der Waals surface area contributed by atoms with Gasteiger partial charge < -0.3 is 9.84 Å². The first-order valence-electron chi connectivity index (χ1n) is 11.6. The summed E-state index contributed by atoms with van der Waals surface area (Å²) in [4.78, 5) is 17.9. The van der Waals surface area contributed by atoms with Crippen LogP contribution in [0.2, 0.25) is 10.0 Å². The molecule has 5 rings (SSSR count). The number of Topliss-reactive ketones (excluding diaryl/α,β-unsaturated/α-hetero) is 1. The molecule has 5 nitrogen and oxygen atoms in total. The van der Waals surface area contributed by atoms with Gasteiger partial charge in [0.05, 0.1) is 11.1 Å². The number of carbonyl (C=O) groups is 1. The fourth-order valence-electron chi connectivity index (χ4n) is 4.68. The summed E-state index contributed by atoms with van der Waals surface area (Å²) in [5, 5.41) is 11.7. The van der Waals surface area contributed by atoms with E-state index in [1.807, 2.05) is 6.07 Å². The number of aromatic hydroxyl groups is 1. The van der Waals surface area contributed by atoms with Crippen molar-refractivity contribution >= 4 is 35.1 Å². The molecule has 1 fully saturated rings. The number of hydrogen-bond donors (Lipinski definition) is 1. The van der Waals surface area contributed by atoms with Crippen molar-refractivity contribution in [3.63, 3.8) is 0 Å². The van der Waals surface area contributed by atoms with E-state index in [1.165, 1.54) is 5.56 Å². The molecule has 3 aromatic rings. The summed E-state index contributed by atoms with van der Waals surface area (Å²) in [5.74, 6) is 0.478. The van der Waals surface area contributed by atoms with Gasteiger partial charge in [0.2, 0.25) is 5.78 Å². The molecule has 0 amide bonds. The zero-order chi connectivity index (χ0) is 24.5. The molecule has 0 unspecified atom stereocenters. The first-order valence-corrected chi connectivity index (χ1v) is 12.4. The Morgan fingerprint density at radius 1 is 0.943 bits per heavy atom. The number of phenols is 1. The van der Waals surface area contributed by atoms with Crippen LogP contribution in [0.15, 0.2) is 60.4 Å². The normalized spacial score (nSPS) is 17.6. The Bertz CT molecular complexity index is 1280. The number of rotatable bonds is 5. The maximum Gasteiger partial charge on any atom is 0.232 e. The Kier molecular flexibility index (Phi) is 6.85. The largest absolute Gasteiger partial charge is 0.507 e. The number of nitrogens with zero attached hydrogens (tertiary/aromatic N) is 2. The van der Waals surface area contributed by atoms with Gasteiger partial charge in [-0.3, -0.25) is 14.6 Å². The van der Waals surface area contributed by atoms with Crippen molar-refractivity contribution in [2.45, 2.75) is 20.0 Å². The molecule has 0 spiro atoms. The third-order valence-electron chi connectivity index (χ3n) is 6.59. The van der Waals surface area contributed by atoms with Gasteiger partial charge in [0.15, 0.2) is 5.76 Å². The first-order chi connectivity index (χ1) is 16.9. The lowest BCUT2D eigenvalue weighted by Crippen LogP contribution is -2.45. The lowest BCUT2D eigenvalue weighted by molar-refractivity contribution is 0.101. The van der Waals surface area contributed by atoms with Crippen LogP contribution in [0.4, 0.5) is 0 Å². The molecule has 35 heavy (non-hydrogen) atoms. The molecule has 1 saturated heterocycles. The molecule has 0 saturated carbocycles. The minimum Gasteiger partial charge on any atom is -0.507 e. The van der Waals surface area contributed by atoms with E-state index in [0.717, 1.165) is 32.7 Å². The van der Waals surface area contributed by atoms with Crippen molar-refractivity contribution in [2.75, 3.05) is 26.2 Å². The Morgan fingerprint density at radius 3 is 2.23 bits per heavy atom. The van der Waals surface area contributed by atoms with Gasteiger partial charge in [0.1, 0.15) is 11.5 Å². The van der Waals surface area contributed by atoms with Crippen LogP contribution in [0.5, 0.6) is 11.5 Å². The Labute approximate surface area is 215 Å². The number of piperazine rings is 1. The highest BCUT2D eigenvalue weighted by Gasteiger charge is 2.34. The Hall–Kier alpha value is -2.83. The van der Waals surface area contributed by atoms with Gasteiger partial charge in [-0.2, -0.15) is 0 Å². The molecule has 2 heterocycles. The van der Waals surface area contributed by atoms with E-state index in [2.05, 4.69) is 34.1 Å². The van der Waals surface area contributed by atoms with Crippen molar-refractivity contribution in [3.05, 3.63) is 98.2 Å². The average Bonchev–Trinajstić information content (AvgIpc) is 3.17. The number of aryl methyl sites for hydroxylation is 1. The first kappa shape index (κ1) is 23.9. The fourth-order valence-corrected chi connectivity index (χ4v) is 5.19. The number of ketones is 1. The van der Waals surface area contributed by atoms with E-state index in [1.54, 1.807) is 37.3 Å². The van der Waals surface area contributed by atoms with Crippen LogP contribution in [-0.4, -0.2) is 46.9 Å². The molecule has 3 aromatic carbocycles. The van der Waals surface area contributed by atoms with Crippen LogP contribution in [0, 0.1) is 6.92 Å². The van der Waals surface area contributed by atoms with Crippen molar-refractivity contribution in [1.82, 2.24) is 9.80 Å². The molecule has 2 aliphatic rings. The van der Waals surface area contributed by atoms with E-state index in [9.17, 15) is 9.90 Å². The van der Waals surface area contributed by atoms with Crippen LogP contribution >= 0.6 is 23.2 Å². The monoisotopic (exact) mass is 508 g/mol. The van der Waals surface area contributed by atoms with Crippen LogP contribution in [0.25, 0.3) is 6.08 Å². The zero-order valence-corrected chi connectivity index (χ0v) is 20.9. The molecule has 180 valence electrons. The Morgan fingerprint density at radius 2 is 1.57 bits per heavy atom. The highest BCUT2D eigenvalue weighted by Crippen LogP contribution is 2.43. The molecule has 0 aliphatic carbocycles. The molecule has 7 heteroatoms. The number of hydrogen-bond acceptors (Lipinski definition) is 5. The smallest absolute Gasteiger partial charge is 0.232 e. The summed E-state index contributed by atoms with van der Waals surface area (Å²) in [7, 11) is 0. The van der Waals surface area contributed by atoms with Crippen molar-refractivity contribution < 1.29 is 14.6 Å². The number of allylic oxidation sites excluding steroid dienone is 1. The van der Waals surface area contributed by atoms with Crippen LogP contribution in [0.3, 0.4) is 0 Å². The number of fused-ring (bicyclic) bond motifs is 1. The van der Waals surface area contributed by atoms with E-state index >= 15 is 0 Å². The van der Waals surface area contributed by atoms with Crippen LogP contribution in [0.1, 0.15) is 32.6 Å². The SMILES string of the molecule is Cc1cc(O)c(CN2CCN(Cc3ccccc3)CC2)c2c1C(=O)/C(=C/c1c(Cl)cccc1Cl)O2. The second-order valence-electron chi connectivity index (χ2n) is 9.01. The van der Waals surface area contributed by atoms with Crippen molar-refractivity contribution in [2.24, 2.45) is 0 Å². The highest BCUT2D eigenvalue weighted by molar-refractivity contribution is 6.37. The van der Waals surface area contributed by atoms with Crippen molar-refractivity contribution in [3.8, 4) is 11.5 Å². The lowest BCUT2D eigenvalue weighted by Gasteiger charge is -2.35. The third-order valence-corrected chi connectivity index (χ3v) is 7.25. The number of carbonyl (C=O) groups excluding carboxylic acids is 1. The molecule has 0 radical (unpaired) electrons. The second-order valence-corrected chi connectivity index (χ2v) is 9.82. The van der Waals surface area contributed by atoms with Crippen LogP contribution < -0.4 is 4.74 Å². The second kappa shape index (κ2) is 10.0. The molecular formula is C28H26Cl2N2O3. The molecular weight excluding hydrogens is 483 g/mol. The number of benzene rings is 3. The minimum atomic E-state index is -0.234. The van der Waals surface area contributed by atoms with Gasteiger partial charge >= 0.3 is 0 Å². The van der Waals surface area contributed by atoms with Gasteiger partial charge in [0.25, 0.3) is 0 Å². The predicted molar refractivity (Wildman–Crippen MR) is 139 cm³/mol. The molecule has 0 aromatic heterocycles. The zero-order valence-electron chi connectivity index (χ0n) is 19.4. The summed E-state index contributed by atoms with van der Waals surface area (Å²) in [6.07, 6.45) is 1.58. The van der Waals surface area contributed by atoms with Crippen molar-refractivity contribution in [1.29, 1.82) is 0 Å². The minimum absolute atomic E-state index is 0.137. The van der Waals surface area contributed by atoms with Gasteiger partial charge in [-0.15, -0.1) is 0 Å². The Balaban J connectivity index is 1.35.